The van der Waals surface area contributed by atoms with Gasteiger partial charge in [0.05, 0.1) is 10.6 Å². The Kier molecular flexibility index (Phi) is 7.47. The maximum atomic E-state index is 13.1. The molecule has 0 radical (unpaired) electrons. The number of carbonyl (C=O) groups excluding carboxylic acids is 1. The van der Waals surface area contributed by atoms with Gasteiger partial charge in [0, 0.05) is 43.9 Å². The Morgan fingerprint density at radius 3 is 2.26 bits per heavy atom. The number of amides is 1. The summed E-state index contributed by atoms with van der Waals surface area (Å²) in [4.78, 5) is 14.0. The van der Waals surface area contributed by atoms with Gasteiger partial charge in [0.2, 0.25) is 15.9 Å². The molecule has 35 heavy (non-hydrogen) atoms. The molecule has 1 aromatic heterocycles. The summed E-state index contributed by atoms with van der Waals surface area (Å²) in [6, 6.07) is 16.5. The minimum atomic E-state index is -3.62. The molecule has 2 aromatic carbocycles. The van der Waals surface area contributed by atoms with Gasteiger partial charge in [-0.1, -0.05) is 30.7 Å². The summed E-state index contributed by atoms with van der Waals surface area (Å²) >= 11 is 0. The van der Waals surface area contributed by atoms with Crippen molar-refractivity contribution in [3.63, 3.8) is 0 Å². The van der Waals surface area contributed by atoms with Crippen LogP contribution < -0.4 is 10.2 Å². The normalized spacial score (nSPS) is 14.7. The monoisotopic (exact) mass is 493 g/mol. The molecule has 1 aliphatic rings. The molecule has 1 saturated heterocycles. The van der Waals surface area contributed by atoms with Gasteiger partial charge in [0.1, 0.15) is 0 Å². The van der Waals surface area contributed by atoms with Crippen LogP contribution in [0.3, 0.4) is 0 Å². The molecule has 4 rings (SSSR count). The van der Waals surface area contributed by atoms with Crippen molar-refractivity contribution in [3.8, 4) is 11.3 Å². The fourth-order valence-electron chi connectivity index (χ4n) is 4.21. The lowest BCUT2D eigenvalue weighted by molar-refractivity contribution is -0.116. The highest BCUT2D eigenvalue weighted by atomic mass is 32.2. The van der Waals surface area contributed by atoms with Crippen molar-refractivity contribution in [2.75, 3.05) is 36.4 Å². The lowest BCUT2D eigenvalue weighted by Crippen LogP contribution is -2.49. The first-order valence-corrected chi connectivity index (χ1v) is 13.3. The standard InChI is InChI=1S/C26H31N5O3S/c1-4-5-26(32)27-21-7-9-22(10-8-21)35(33,34)31-16-14-30(15-17-31)25-13-12-24(28-29-25)23-11-6-19(2)18-20(23)3/h6-13,18H,4-5,14-17H2,1-3H3,(H,27,32). The maximum Gasteiger partial charge on any atom is 0.243 e. The minimum Gasteiger partial charge on any atom is -0.352 e. The summed E-state index contributed by atoms with van der Waals surface area (Å²) in [5.41, 5.74) is 4.83. The predicted molar refractivity (Wildman–Crippen MR) is 138 cm³/mol. The molecule has 1 amide bonds. The predicted octanol–water partition coefficient (Wildman–Crippen LogP) is 4.01. The molecule has 0 aliphatic carbocycles. The number of piperazine rings is 1. The van der Waals surface area contributed by atoms with Crippen LogP contribution in [-0.2, 0) is 14.8 Å². The zero-order valence-electron chi connectivity index (χ0n) is 20.4. The molecule has 184 valence electrons. The van der Waals surface area contributed by atoms with Crippen LogP contribution in [0.4, 0.5) is 11.5 Å². The van der Waals surface area contributed by atoms with E-state index in [1.54, 1.807) is 24.3 Å². The van der Waals surface area contributed by atoms with Gasteiger partial charge in [-0.25, -0.2) is 8.42 Å². The Morgan fingerprint density at radius 1 is 0.943 bits per heavy atom. The molecule has 1 fully saturated rings. The van der Waals surface area contributed by atoms with Crippen LogP contribution >= 0.6 is 0 Å². The van der Waals surface area contributed by atoms with Gasteiger partial charge in [0.15, 0.2) is 5.82 Å². The largest absolute Gasteiger partial charge is 0.352 e. The fraction of sp³-hybridized carbons (Fsp3) is 0.346. The molecule has 3 aromatic rings. The number of hydrogen-bond donors (Lipinski definition) is 1. The number of sulfonamides is 1. The summed E-state index contributed by atoms with van der Waals surface area (Å²) in [7, 11) is -3.62. The molecule has 1 N–H and O–H groups in total. The van der Waals surface area contributed by atoms with E-state index in [4.69, 9.17) is 0 Å². The molecule has 0 bridgehead atoms. The van der Waals surface area contributed by atoms with Crippen molar-refractivity contribution in [3.05, 3.63) is 65.7 Å². The first-order valence-electron chi connectivity index (χ1n) is 11.8. The van der Waals surface area contributed by atoms with Crippen molar-refractivity contribution in [2.45, 2.75) is 38.5 Å². The van der Waals surface area contributed by atoms with E-state index in [2.05, 4.69) is 52.5 Å². The zero-order valence-corrected chi connectivity index (χ0v) is 21.2. The molecule has 0 atom stereocenters. The first-order chi connectivity index (χ1) is 16.8. The zero-order chi connectivity index (χ0) is 25.0. The third-order valence-electron chi connectivity index (χ3n) is 6.12. The van der Waals surface area contributed by atoms with Crippen LogP contribution in [0.25, 0.3) is 11.3 Å². The molecular weight excluding hydrogens is 462 g/mol. The summed E-state index contributed by atoms with van der Waals surface area (Å²) in [5.74, 6) is 0.659. The second kappa shape index (κ2) is 10.5. The van der Waals surface area contributed by atoms with Crippen molar-refractivity contribution in [2.24, 2.45) is 0 Å². The molecule has 1 aliphatic heterocycles. The number of hydrogen-bond acceptors (Lipinski definition) is 6. The second-order valence-electron chi connectivity index (χ2n) is 8.81. The van der Waals surface area contributed by atoms with Crippen molar-refractivity contribution in [1.82, 2.24) is 14.5 Å². The van der Waals surface area contributed by atoms with Gasteiger partial charge in [-0.05, 0) is 62.2 Å². The van der Waals surface area contributed by atoms with E-state index in [1.807, 2.05) is 19.1 Å². The molecule has 9 heteroatoms. The van der Waals surface area contributed by atoms with E-state index in [9.17, 15) is 13.2 Å². The molecule has 8 nitrogen and oxygen atoms in total. The average molecular weight is 494 g/mol. The first kappa shape index (κ1) is 24.8. The van der Waals surface area contributed by atoms with Crippen molar-refractivity contribution >= 4 is 27.4 Å². The summed E-state index contributed by atoms with van der Waals surface area (Å²) in [5, 5.41) is 11.6. The van der Waals surface area contributed by atoms with E-state index in [1.165, 1.54) is 9.87 Å². The van der Waals surface area contributed by atoms with E-state index >= 15 is 0 Å². The van der Waals surface area contributed by atoms with Gasteiger partial charge in [-0.15, -0.1) is 10.2 Å². The smallest absolute Gasteiger partial charge is 0.243 e. The molecule has 2 heterocycles. The summed E-state index contributed by atoms with van der Waals surface area (Å²) < 4.78 is 27.7. The number of benzene rings is 2. The van der Waals surface area contributed by atoms with Gasteiger partial charge >= 0.3 is 0 Å². The molecule has 0 unspecified atom stereocenters. The lowest BCUT2D eigenvalue weighted by atomic mass is 10.0. The summed E-state index contributed by atoms with van der Waals surface area (Å²) in [6.07, 6.45) is 1.19. The maximum absolute atomic E-state index is 13.1. The van der Waals surface area contributed by atoms with Crippen molar-refractivity contribution < 1.29 is 13.2 Å². The minimum absolute atomic E-state index is 0.0793. The van der Waals surface area contributed by atoms with E-state index in [-0.39, 0.29) is 10.8 Å². The average Bonchev–Trinajstić information content (AvgIpc) is 2.85. The number of carbonyl (C=O) groups is 1. The third kappa shape index (κ3) is 5.68. The van der Waals surface area contributed by atoms with Crippen LogP contribution in [0.15, 0.2) is 59.5 Å². The highest BCUT2D eigenvalue weighted by Gasteiger charge is 2.29. The van der Waals surface area contributed by atoms with Crippen LogP contribution in [0, 0.1) is 13.8 Å². The Balaban J connectivity index is 1.38. The van der Waals surface area contributed by atoms with E-state index in [0.717, 1.165) is 29.1 Å². The number of nitrogens with zero attached hydrogens (tertiary/aromatic N) is 4. The number of nitrogens with one attached hydrogen (secondary N) is 1. The Hall–Kier alpha value is -3.30. The molecular formula is C26H31N5O3S. The van der Waals surface area contributed by atoms with Gasteiger partial charge in [-0.2, -0.15) is 4.31 Å². The lowest BCUT2D eigenvalue weighted by Gasteiger charge is -2.34. The van der Waals surface area contributed by atoms with E-state index < -0.39 is 10.0 Å². The topological polar surface area (TPSA) is 95.5 Å². The third-order valence-corrected chi connectivity index (χ3v) is 8.04. The molecule has 0 spiro atoms. The number of aryl methyl sites for hydroxylation is 2. The van der Waals surface area contributed by atoms with Gasteiger partial charge in [-0.3, -0.25) is 4.79 Å². The summed E-state index contributed by atoms with van der Waals surface area (Å²) in [6.45, 7) is 7.84. The van der Waals surface area contributed by atoms with Crippen LogP contribution in [0.1, 0.15) is 30.9 Å². The number of anilines is 2. The van der Waals surface area contributed by atoms with Crippen LogP contribution in [-0.4, -0.2) is 55.0 Å². The fourth-order valence-corrected chi connectivity index (χ4v) is 5.63. The highest BCUT2D eigenvalue weighted by Crippen LogP contribution is 2.25. The van der Waals surface area contributed by atoms with Crippen LogP contribution in [0.5, 0.6) is 0 Å². The highest BCUT2D eigenvalue weighted by molar-refractivity contribution is 7.89. The Labute approximate surface area is 207 Å². The van der Waals surface area contributed by atoms with Gasteiger partial charge < -0.3 is 10.2 Å². The second-order valence-corrected chi connectivity index (χ2v) is 10.7. The van der Waals surface area contributed by atoms with Gasteiger partial charge in [0.25, 0.3) is 0 Å². The Morgan fingerprint density at radius 2 is 1.66 bits per heavy atom. The quantitative estimate of drug-likeness (QED) is 0.534. The molecule has 0 saturated carbocycles. The number of aromatic nitrogens is 2. The Bertz CT molecular complexity index is 1280. The van der Waals surface area contributed by atoms with Crippen LogP contribution in [0.2, 0.25) is 0 Å². The van der Waals surface area contributed by atoms with E-state index in [0.29, 0.717) is 38.3 Å². The van der Waals surface area contributed by atoms with Crippen molar-refractivity contribution in [1.29, 1.82) is 0 Å². The number of rotatable bonds is 7. The SMILES string of the molecule is CCCC(=O)Nc1ccc(S(=O)(=O)N2CCN(c3ccc(-c4ccc(C)cc4C)nn3)CC2)cc1.